The zero-order valence-electron chi connectivity index (χ0n) is 15.7. The van der Waals surface area contributed by atoms with Crippen LogP contribution >= 0.6 is 0 Å². The summed E-state index contributed by atoms with van der Waals surface area (Å²) in [6, 6.07) is 3.17. The molecule has 0 aliphatic rings. The molecule has 3 rings (SSSR count). The Hall–Kier alpha value is -3.70. The Labute approximate surface area is 166 Å². The van der Waals surface area contributed by atoms with E-state index in [1.807, 2.05) is 0 Å². The number of hydrogen-bond donors (Lipinski definition) is 1. The molecule has 0 fully saturated rings. The predicted octanol–water partition coefficient (Wildman–Crippen LogP) is 2.78. The van der Waals surface area contributed by atoms with Crippen LogP contribution < -0.4 is 10.9 Å². The summed E-state index contributed by atoms with van der Waals surface area (Å²) in [5.41, 5.74) is -2.98. The number of nitrogens with zero attached hydrogens (tertiary/aromatic N) is 3. The number of carbonyl (C=O) groups excluding carboxylic acids is 2. The minimum absolute atomic E-state index is 0.0268. The summed E-state index contributed by atoms with van der Waals surface area (Å²) in [6.45, 7) is 2.87. The average molecular weight is 424 g/mol. The fourth-order valence-corrected chi connectivity index (χ4v) is 2.68. The Morgan fingerprint density at radius 2 is 2.00 bits per heavy atom. The Balaban J connectivity index is 1.96. The van der Waals surface area contributed by atoms with Crippen molar-refractivity contribution in [3.05, 3.63) is 52.2 Å². The Morgan fingerprint density at radius 3 is 2.67 bits per heavy atom. The van der Waals surface area contributed by atoms with Gasteiger partial charge in [0.2, 0.25) is 11.6 Å². The number of ether oxygens (including phenoxy) is 1. The SMILES string of the molecule is CCOC(=O)c1noc2ncn([C@@H](C)C(=O)Nc3ccccc3C(F)(F)F)c(=O)c12. The molecule has 1 aromatic carbocycles. The fraction of sp³-hybridized carbons (Fsp3) is 0.278. The molecule has 0 aliphatic carbocycles. The monoisotopic (exact) mass is 424 g/mol. The lowest BCUT2D eigenvalue weighted by Gasteiger charge is -2.17. The van der Waals surface area contributed by atoms with Gasteiger partial charge in [-0.15, -0.1) is 0 Å². The summed E-state index contributed by atoms with van der Waals surface area (Å²) in [5.74, 6) is -1.81. The number of benzene rings is 1. The van der Waals surface area contributed by atoms with Gasteiger partial charge in [-0.3, -0.25) is 14.2 Å². The van der Waals surface area contributed by atoms with Gasteiger partial charge in [0.1, 0.15) is 17.8 Å². The van der Waals surface area contributed by atoms with Crippen molar-refractivity contribution in [1.29, 1.82) is 0 Å². The summed E-state index contributed by atoms with van der Waals surface area (Å²) >= 11 is 0. The standard InChI is InChI=1S/C18H15F3N4O5/c1-3-29-17(28)13-12-15(30-24-13)22-8-25(16(12)27)9(2)14(26)23-11-7-5-4-6-10(11)18(19,20)21/h4-9H,3H2,1-2H3,(H,23,26)/t9-/m0/s1. The molecule has 1 amide bonds. The van der Waals surface area contributed by atoms with Gasteiger partial charge in [0.15, 0.2) is 0 Å². The van der Waals surface area contributed by atoms with E-state index >= 15 is 0 Å². The summed E-state index contributed by atoms with van der Waals surface area (Å²) in [7, 11) is 0. The molecule has 0 bridgehead atoms. The van der Waals surface area contributed by atoms with Gasteiger partial charge in [-0.2, -0.15) is 13.2 Å². The second kappa shape index (κ2) is 7.97. The number of para-hydroxylation sites is 1. The normalized spacial score (nSPS) is 12.6. The number of anilines is 1. The molecule has 3 aromatic rings. The van der Waals surface area contributed by atoms with Crippen molar-refractivity contribution < 1.29 is 32.0 Å². The van der Waals surface area contributed by atoms with Crippen LogP contribution in [0.4, 0.5) is 18.9 Å². The quantitative estimate of drug-likeness (QED) is 0.626. The third-order valence-corrected chi connectivity index (χ3v) is 4.18. The van der Waals surface area contributed by atoms with E-state index in [0.29, 0.717) is 0 Å². The molecule has 158 valence electrons. The molecule has 2 heterocycles. The number of amides is 1. The molecule has 1 N–H and O–H groups in total. The lowest BCUT2D eigenvalue weighted by atomic mass is 10.1. The maximum atomic E-state index is 13.1. The molecule has 1 atom stereocenters. The maximum Gasteiger partial charge on any atom is 0.418 e. The molecule has 0 unspecified atom stereocenters. The number of esters is 1. The number of fused-ring (bicyclic) bond motifs is 1. The molecule has 0 saturated heterocycles. The van der Waals surface area contributed by atoms with Gasteiger partial charge < -0.3 is 14.6 Å². The number of halogens is 3. The fourth-order valence-electron chi connectivity index (χ4n) is 2.68. The number of alkyl halides is 3. The smallest absolute Gasteiger partial charge is 0.418 e. The van der Waals surface area contributed by atoms with Crippen LogP contribution in [0.2, 0.25) is 0 Å². The van der Waals surface area contributed by atoms with Gasteiger partial charge in [-0.05, 0) is 26.0 Å². The van der Waals surface area contributed by atoms with E-state index in [4.69, 9.17) is 9.26 Å². The molecular weight excluding hydrogens is 409 g/mol. The maximum absolute atomic E-state index is 13.1. The van der Waals surface area contributed by atoms with Crippen LogP contribution in [0, 0.1) is 0 Å². The first-order valence-corrected chi connectivity index (χ1v) is 8.65. The van der Waals surface area contributed by atoms with Crippen molar-refractivity contribution in [3.63, 3.8) is 0 Å². The van der Waals surface area contributed by atoms with E-state index < -0.39 is 46.6 Å². The minimum atomic E-state index is -4.68. The zero-order valence-corrected chi connectivity index (χ0v) is 15.7. The summed E-state index contributed by atoms with van der Waals surface area (Å²) < 4.78 is 49.9. The second-order valence-corrected chi connectivity index (χ2v) is 6.10. The molecular formula is C18H15F3N4O5. The van der Waals surface area contributed by atoms with E-state index in [1.54, 1.807) is 6.92 Å². The van der Waals surface area contributed by atoms with Gasteiger partial charge in [0, 0.05) is 0 Å². The number of carbonyl (C=O) groups is 2. The number of hydrogen-bond acceptors (Lipinski definition) is 7. The first-order valence-electron chi connectivity index (χ1n) is 8.65. The van der Waals surface area contributed by atoms with Crippen molar-refractivity contribution in [2.24, 2.45) is 0 Å². The van der Waals surface area contributed by atoms with Crippen LogP contribution in [0.15, 0.2) is 39.9 Å². The van der Waals surface area contributed by atoms with Gasteiger partial charge in [0.25, 0.3) is 11.3 Å². The van der Waals surface area contributed by atoms with Crippen molar-refractivity contribution >= 4 is 28.7 Å². The Kier molecular flexibility index (Phi) is 5.58. The van der Waals surface area contributed by atoms with E-state index in [1.165, 1.54) is 19.1 Å². The topological polar surface area (TPSA) is 116 Å². The van der Waals surface area contributed by atoms with Gasteiger partial charge in [-0.1, -0.05) is 17.3 Å². The summed E-state index contributed by atoms with van der Waals surface area (Å²) in [6.07, 6.45) is -3.70. The van der Waals surface area contributed by atoms with Crippen LogP contribution in [0.1, 0.15) is 35.9 Å². The van der Waals surface area contributed by atoms with E-state index in [-0.39, 0.29) is 17.7 Å². The molecule has 12 heteroatoms. The second-order valence-electron chi connectivity index (χ2n) is 6.10. The highest BCUT2D eigenvalue weighted by Crippen LogP contribution is 2.34. The highest BCUT2D eigenvalue weighted by atomic mass is 19.4. The molecule has 0 saturated carbocycles. The molecule has 2 aromatic heterocycles. The van der Waals surface area contributed by atoms with Gasteiger partial charge >= 0.3 is 12.1 Å². The molecule has 0 radical (unpaired) electrons. The van der Waals surface area contributed by atoms with Crippen LogP contribution in [0.25, 0.3) is 11.1 Å². The third-order valence-electron chi connectivity index (χ3n) is 4.18. The minimum Gasteiger partial charge on any atom is -0.461 e. The van der Waals surface area contributed by atoms with Crippen LogP contribution in [0.3, 0.4) is 0 Å². The number of rotatable bonds is 5. The predicted molar refractivity (Wildman–Crippen MR) is 96.8 cm³/mol. The first-order chi connectivity index (χ1) is 14.1. The van der Waals surface area contributed by atoms with Crippen molar-refractivity contribution in [3.8, 4) is 0 Å². The Bertz CT molecular complexity index is 1170. The van der Waals surface area contributed by atoms with Crippen molar-refractivity contribution in [1.82, 2.24) is 14.7 Å². The van der Waals surface area contributed by atoms with Crippen LogP contribution in [-0.2, 0) is 15.7 Å². The van der Waals surface area contributed by atoms with Gasteiger partial charge in [0.05, 0.1) is 17.9 Å². The average Bonchev–Trinajstić information content (AvgIpc) is 3.13. The number of nitrogens with one attached hydrogen (secondary N) is 1. The van der Waals surface area contributed by atoms with Gasteiger partial charge in [-0.25, -0.2) is 9.78 Å². The largest absolute Gasteiger partial charge is 0.461 e. The first kappa shape index (κ1) is 21.0. The third kappa shape index (κ3) is 3.88. The molecule has 30 heavy (non-hydrogen) atoms. The molecule has 0 spiro atoms. The highest BCUT2D eigenvalue weighted by Gasteiger charge is 2.34. The highest BCUT2D eigenvalue weighted by molar-refractivity contribution is 6.00. The summed E-state index contributed by atoms with van der Waals surface area (Å²) in [5, 5.41) is 5.34. The van der Waals surface area contributed by atoms with Crippen molar-refractivity contribution in [2.45, 2.75) is 26.1 Å². The zero-order chi connectivity index (χ0) is 22.1. The lowest BCUT2D eigenvalue weighted by molar-refractivity contribution is -0.137. The van der Waals surface area contributed by atoms with E-state index in [2.05, 4.69) is 15.5 Å². The lowest BCUT2D eigenvalue weighted by Crippen LogP contribution is -2.32. The molecule has 9 nitrogen and oxygen atoms in total. The van der Waals surface area contributed by atoms with E-state index in [9.17, 15) is 27.6 Å². The van der Waals surface area contributed by atoms with Crippen molar-refractivity contribution in [2.75, 3.05) is 11.9 Å². The van der Waals surface area contributed by atoms with E-state index in [0.717, 1.165) is 23.0 Å². The molecule has 0 aliphatic heterocycles. The Morgan fingerprint density at radius 1 is 1.30 bits per heavy atom. The number of aromatic nitrogens is 3. The summed E-state index contributed by atoms with van der Waals surface area (Å²) in [4.78, 5) is 41.1. The van der Waals surface area contributed by atoms with Crippen LogP contribution in [0.5, 0.6) is 0 Å². The van der Waals surface area contributed by atoms with Crippen LogP contribution in [-0.4, -0.2) is 33.2 Å².